The molecule has 1 amide bonds. The van der Waals surface area contributed by atoms with Crippen LogP contribution in [-0.4, -0.2) is 42.3 Å². The van der Waals surface area contributed by atoms with Gasteiger partial charge in [0, 0.05) is 17.4 Å². The minimum atomic E-state index is -3.03. The van der Waals surface area contributed by atoms with Crippen LogP contribution in [0.1, 0.15) is 30.9 Å². The zero-order valence-corrected chi connectivity index (χ0v) is 15.8. The summed E-state index contributed by atoms with van der Waals surface area (Å²) in [6, 6.07) is 5.96. The van der Waals surface area contributed by atoms with E-state index in [9.17, 15) is 13.2 Å². The second-order valence-electron chi connectivity index (χ2n) is 6.50. The summed E-state index contributed by atoms with van der Waals surface area (Å²) in [5.41, 5.74) is 3.11. The molecule has 5 nitrogen and oxygen atoms in total. The number of amides is 1. The minimum absolute atomic E-state index is 0.0527. The number of hydrogen-bond acceptors (Lipinski definition) is 4. The van der Waals surface area contributed by atoms with Crippen LogP contribution in [0.3, 0.4) is 0 Å². The Hall–Kier alpha value is -1.34. The lowest BCUT2D eigenvalue weighted by Gasteiger charge is -2.26. The van der Waals surface area contributed by atoms with E-state index in [0.717, 1.165) is 23.2 Å². The zero-order valence-electron chi connectivity index (χ0n) is 14.2. The number of amidine groups is 1. The van der Waals surface area contributed by atoms with Crippen LogP contribution < -0.4 is 4.90 Å². The van der Waals surface area contributed by atoms with Gasteiger partial charge in [0.2, 0.25) is 5.91 Å². The normalized spacial score (nSPS) is 26.8. The minimum Gasteiger partial charge on any atom is -0.315 e. The summed E-state index contributed by atoms with van der Waals surface area (Å²) in [6.07, 6.45) is 1.17. The molecule has 0 aliphatic carbocycles. The first-order valence-corrected chi connectivity index (χ1v) is 10.9. The summed E-state index contributed by atoms with van der Waals surface area (Å²) in [6.45, 7) is 5.96. The van der Waals surface area contributed by atoms with Gasteiger partial charge in [0.05, 0.1) is 17.5 Å². The molecule has 24 heavy (non-hydrogen) atoms. The predicted molar refractivity (Wildman–Crippen MR) is 99.6 cm³/mol. The molecule has 2 saturated heterocycles. The first-order valence-electron chi connectivity index (χ1n) is 8.16. The smallest absolute Gasteiger partial charge is 0.248 e. The molecule has 2 heterocycles. The molecule has 2 atom stereocenters. The van der Waals surface area contributed by atoms with Crippen LogP contribution in [0.25, 0.3) is 0 Å². The summed E-state index contributed by atoms with van der Waals surface area (Å²) in [4.78, 5) is 18.3. The highest BCUT2D eigenvalue weighted by molar-refractivity contribution is 8.16. The maximum atomic E-state index is 12.1. The van der Waals surface area contributed by atoms with Crippen molar-refractivity contribution in [2.45, 2.75) is 44.9 Å². The number of rotatable bonds is 3. The summed E-state index contributed by atoms with van der Waals surface area (Å²) in [5, 5.41) is 0.593. The van der Waals surface area contributed by atoms with E-state index < -0.39 is 9.84 Å². The van der Waals surface area contributed by atoms with Crippen molar-refractivity contribution < 1.29 is 13.2 Å². The Morgan fingerprint density at radius 2 is 2.08 bits per heavy atom. The fraction of sp³-hybridized carbons (Fsp3) is 0.529. The Labute approximate surface area is 147 Å². The van der Waals surface area contributed by atoms with Gasteiger partial charge in [-0.15, -0.1) is 0 Å². The number of benzene rings is 1. The van der Waals surface area contributed by atoms with Gasteiger partial charge < -0.3 is 4.90 Å². The summed E-state index contributed by atoms with van der Waals surface area (Å²) < 4.78 is 24.1. The number of sulfone groups is 1. The van der Waals surface area contributed by atoms with Crippen molar-refractivity contribution >= 4 is 38.4 Å². The zero-order chi connectivity index (χ0) is 17.5. The van der Waals surface area contributed by atoms with Crippen LogP contribution in [-0.2, 0) is 14.6 Å². The lowest BCUT2D eigenvalue weighted by atomic mass is 10.1. The summed E-state index contributed by atoms with van der Waals surface area (Å²) in [5.74, 6) is 0.141. The molecule has 1 aromatic rings. The highest BCUT2D eigenvalue weighted by Gasteiger charge is 2.49. The van der Waals surface area contributed by atoms with Gasteiger partial charge in [-0.05, 0) is 37.5 Å². The molecule has 0 radical (unpaired) electrons. The quantitative estimate of drug-likeness (QED) is 0.823. The molecular weight excluding hydrogens is 344 g/mol. The van der Waals surface area contributed by atoms with Gasteiger partial charge in [-0.2, -0.15) is 4.99 Å². The molecule has 0 bridgehead atoms. The van der Waals surface area contributed by atoms with Gasteiger partial charge in [-0.3, -0.25) is 4.79 Å². The monoisotopic (exact) mass is 366 g/mol. The van der Waals surface area contributed by atoms with Gasteiger partial charge in [0.15, 0.2) is 15.0 Å². The Kier molecular flexibility index (Phi) is 4.75. The van der Waals surface area contributed by atoms with Crippen LogP contribution in [0.15, 0.2) is 23.2 Å². The highest BCUT2D eigenvalue weighted by atomic mass is 32.2. The fourth-order valence-corrected chi connectivity index (χ4v) is 7.13. The lowest BCUT2D eigenvalue weighted by Crippen LogP contribution is -2.38. The number of carbonyl (C=O) groups is 1. The standard InChI is InChI=1S/C17H22N2O3S2/c1-4-5-16(20)18-17-19(13-8-11(2)6-7-12(13)3)14-9-24(21,22)10-15(14)23-17/h6-8,14-15H,4-5,9-10H2,1-3H3. The van der Waals surface area contributed by atoms with Crippen molar-refractivity contribution in [2.24, 2.45) is 4.99 Å². The van der Waals surface area contributed by atoms with Crippen molar-refractivity contribution in [3.8, 4) is 0 Å². The Bertz CT molecular complexity index is 802. The number of thioether (sulfide) groups is 1. The predicted octanol–water partition coefficient (Wildman–Crippen LogP) is 2.70. The van der Waals surface area contributed by atoms with E-state index in [1.54, 1.807) is 0 Å². The second kappa shape index (κ2) is 6.52. The van der Waals surface area contributed by atoms with Gasteiger partial charge in [-0.25, -0.2) is 8.42 Å². The van der Waals surface area contributed by atoms with Crippen LogP contribution in [0, 0.1) is 13.8 Å². The third-order valence-corrected chi connectivity index (χ3v) is 7.58. The average molecular weight is 367 g/mol. The third kappa shape index (κ3) is 3.37. The maximum Gasteiger partial charge on any atom is 0.248 e. The van der Waals surface area contributed by atoms with Crippen LogP contribution >= 0.6 is 11.8 Å². The first kappa shape index (κ1) is 17.5. The van der Waals surface area contributed by atoms with Crippen LogP contribution in [0.4, 0.5) is 5.69 Å². The second-order valence-corrected chi connectivity index (χ2v) is 9.86. The van der Waals surface area contributed by atoms with Crippen molar-refractivity contribution in [1.29, 1.82) is 0 Å². The van der Waals surface area contributed by atoms with Gasteiger partial charge in [0.25, 0.3) is 0 Å². The molecule has 2 unspecified atom stereocenters. The van der Waals surface area contributed by atoms with E-state index in [1.807, 2.05) is 43.9 Å². The molecule has 130 valence electrons. The van der Waals surface area contributed by atoms with Crippen molar-refractivity contribution in [1.82, 2.24) is 0 Å². The van der Waals surface area contributed by atoms with E-state index >= 15 is 0 Å². The number of nitrogens with zero attached hydrogens (tertiary/aromatic N) is 2. The van der Waals surface area contributed by atoms with E-state index in [1.165, 1.54) is 11.8 Å². The van der Waals surface area contributed by atoms with Crippen LogP contribution in [0.5, 0.6) is 0 Å². The molecule has 0 aromatic heterocycles. The van der Waals surface area contributed by atoms with Crippen molar-refractivity contribution in [2.75, 3.05) is 16.4 Å². The summed E-state index contributed by atoms with van der Waals surface area (Å²) >= 11 is 1.43. The number of fused-ring (bicyclic) bond motifs is 1. The Balaban J connectivity index is 2.04. The molecule has 2 fully saturated rings. The van der Waals surface area contributed by atoms with E-state index in [2.05, 4.69) is 4.99 Å². The van der Waals surface area contributed by atoms with Gasteiger partial charge in [-0.1, -0.05) is 30.8 Å². The van der Waals surface area contributed by atoms with Crippen molar-refractivity contribution in [3.05, 3.63) is 29.3 Å². The molecule has 0 N–H and O–H groups in total. The number of carbonyl (C=O) groups excluding carboxylic acids is 1. The maximum absolute atomic E-state index is 12.1. The average Bonchev–Trinajstić information content (AvgIpc) is 2.93. The Morgan fingerprint density at radius 3 is 2.79 bits per heavy atom. The lowest BCUT2D eigenvalue weighted by molar-refractivity contribution is -0.117. The Morgan fingerprint density at radius 1 is 1.33 bits per heavy atom. The third-order valence-electron chi connectivity index (χ3n) is 4.37. The molecule has 7 heteroatoms. The van der Waals surface area contributed by atoms with E-state index in [4.69, 9.17) is 0 Å². The molecule has 0 spiro atoms. The number of hydrogen-bond donors (Lipinski definition) is 0. The summed E-state index contributed by atoms with van der Waals surface area (Å²) in [7, 11) is -3.03. The first-order chi connectivity index (χ1) is 11.3. The van der Waals surface area contributed by atoms with Gasteiger partial charge in [0.1, 0.15) is 0 Å². The molecular formula is C17H22N2O3S2. The van der Waals surface area contributed by atoms with Crippen LogP contribution in [0.2, 0.25) is 0 Å². The molecule has 0 saturated carbocycles. The topological polar surface area (TPSA) is 66.8 Å². The highest BCUT2D eigenvalue weighted by Crippen LogP contribution is 2.42. The van der Waals surface area contributed by atoms with E-state index in [0.29, 0.717) is 11.6 Å². The molecule has 1 aromatic carbocycles. The fourth-order valence-electron chi connectivity index (χ4n) is 3.20. The molecule has 2 aliphatic rings. The molecule has 2 aliphatic heterocycles. The number of anilines is 1. The van der Waals surface area contributed by atoms with Crippen molar-refractivity contribution in [3.63, 3.8) is 0 Å². The SMILES string of the molecule is CCCC(=O)N=C1SC2CS(=O)(=O)CC2N1c1cc(C)ccc1C. The largest absolute Gasteiger partial charge is 0.315 e. The van der Waals surface area contributed by atoms with E-state index in [-0.39, 0.29) is 28.7 Å². The number of aliphatic imine (C=N–C) groups is 1. The number of aryl methyl sites for hydroxylation is 2. The van der Waals surface area contributed by atoms with Gasteiger partial charge >= 0.3 is 0 Å². The molecule has 3 rings (SSSR count).